The summed E-state index contributed by atoms with van der Waals surface area (Å²) in [5.74, 6) is -2.54. The maximum Gasteiger partial charge on any atom is 0.267 e. The number of likely N-dealkylation sites (tertiary alicyclic amines) is 1. The van der Waals surface area contributed by atoms with Crippen molar-refractivity contribution < 1.29 is 31.6 Å². The molecule has 4 N–H and O–H groups in total. The quantitative estimate of drug-likeness (QED) is 0.359. The van der Waals surface area contributed by atoms with Crippen LogP contribution < -0.4 is 15.8 Å². The molecule has 0 aromatic heterocycles. The van der Waals surface area contributed by atoms with E-state index < -0.39 is 52.0 Å². The molecule has 2 aromatic carbocycles. The lowest BCUT2D eigenvalue weighted by Gasteiger charge is -2.36. The molecule has 0 bridgehead atoms. The van der Waals surface area contributed by atoms with Crippen LogP contribution >= 0.6 is 0 Å². The first-order valence-corrected chi connectivity index (χ1v) is 17.4. The van der Waals surface area contributed by atoms with Gasteiger partial charge >= 0.3 is 0 Å². The average Bonchev–Trinajstić information content (AvgIpc) is 3.50. The van der Waals surface area contributed by atoms with Crippen molar-refractivity contribution in [1.29, 1.82) is 0 Å². The van der Waals surface area contributed by atoms with Crippen LogP contribution in [0.4, 0.5) is 14.5 Å². The minimum absolute atomic E-state index is 0.0244. The smallest absolute Gasteiger partial charge is 0.267 e. The Morgan fingerprint density at radius 3 is 2.27 bits per heavy atom. The summed E-state index contributed by atoms with van der Waals surface area (Å²) >= 11 is 0. The minimum atomic E-state index is -4.21. The average molecular weight is 645 g/mol. The first-order chi connectivity index (χ1) is 21.6. The molecule has 2 aromatic rings. The van der Waals surface area contributed by atoms with Gasteiger partial charge in [0.15, 0.2) is 0 Å². The fourth-order valence-corrected chi connectivity index (χ4v) is 8.43. The predicted octanol–water partition coefficient (Wildman–Crippen LogP) is 4.78. The van der Waals surface area contributed by atoms with Gasteiger partial charge in [0.1, 0.15) is 18.5 Å². The van der Waals surface area contributed by atoms with Gasteiger partial charge in [-0.05, 0) is 80.2 Å². The number of nitrogens with one attached hydrogen (secondary N) is 2. The normalized spacial score (nSPS) is 25.0. The fourth-order valence-electron chi connectivity index (χ4n) is 7.44. The predicted molar refractivity (Wildman–Crippen MR) is 166 cm³/mol. The van der Waals surface area contributed by atoms with Crippen LogP contribution in [-0.4, -0.2) is 56.3 Å². The third-order valence-corrected chi connectivity index (χ3v) is 11.3. The fraction of sp³-hybridized carbons (Fsp3) is 0.545. The van der Waals surface area contributed by atoms with E-state index in [4.69, 9.17) is 5.73 Å². The molecule has 1 heterocycles. The number of carbonyl (C=O) groups excluding carboxylic acids is 3. The Hall–Kier alpha value is -3.38. The third kappa shape index (κ3) is 7.54. The van der Waals surface area contributed by atoms with E-state index in [2.05, 4.69) is 5.32 Å². The van der Waals surface area contributed by atoms with Crippen molar-refractivity contribution in [2.24, 2.45) is 29.4 Å². The lowest BCUT2D eigenvalue weighted by atomic mass is 9.76. The van der Waals surface area contributed by atoms with Crippen LogP contribution in [0.15, 0.2) is 53.4 Å². The lowest BCUT2D eigenvalue weighted by molar-refractivity contribution is -0.142. The van der Waals surface area contributed by atoms with Crippen molar-refractivity contribution in [3.05, 3.63) is 59.9 Å². The van der Waals surface area contributed by atoms with E-state index in [1.54, 1.807) is 11.0 Å². The van der Waals surface area contributed by atoms with Crippen LogP contribution in [0.5, 0.6) is 0 Å². The summed E-state index contributed by atoms with van der Waals surface area (Å²) in [5.41, 5.74) is 5.52. The lowest BCUT2D eigenvalue weighted by Crippen LogP contribution is -2.50. The Morgan fingerprint density at radius 2 is 1.62 bits per heavy atom. The van der Waals surface area contributed by atoms with Gasteiger partial charge in [-0.3, -0.25) is 14.4 Å². The molecular weight excluding hydrogens is 602 g/mol. The zero-order chi connectivity index (χ0) is 32.1. The van der Waals surface area contributed by atoms with Gasteiger partial charge in [-0.25, -0.2) is 21.9 Å². The summed E-state index contributed by atoms with van der Waals surface area (Å²) in [4.78, 5) is 41.9. The number of carbonyl (C=O) groups is 3. The molecule has 45 heavy (non-hydrogen) atoms. The van der Waals surface area contributed by atoms with Gasteiger partial charge in [0.05, 0.1) is 10.5 Å². The molecule has 3 amide bonds. The number of amides is 3. The first-order valence-electron chi connectivity index (χ1n) is 15.9. The monoisotopic (exact) mass is 644 g/mol. The van der Waals surface area contributed by atoms with Gasteiger partial charge in [-0.15, -0.1) is 0 Å². The van der Waals surface area contributed by atoms with Crippen molar-refractivity contribution in [3.63, 3.8) is 0 Å². The van der Waals surface area contributed by atoms with Crippen LogP contribution in [0.3, 0.4) is 0 Å². The third-order valence-electron chi connectivity index (χ3n) is 9.92. The Kier molecular flexibility index (Phi) is 10.5. The van der Waals surface area contributed by atoms with Crippen molar-refractivity contribution >= 4 is 33.4 Å². The molecule has 2 saturated carbocycles. The molecule has 2 aliphatic carbocycles. The zero-order valence-corrected chi connectivity index (χ0v) is 26.1. The molecule has 0 unspecified atom stereocenters. The van der Waals surface area contributed by atoms with Gasteiger partial charge in [-0.2, -0.15) is 0 Å². The van der Waals surface area contributed by atoms with E-state index in [-0.39, 0.29) is 34.2 Å². The van der Waals surface area contributed by atoms with E-state index in [1.807, 2.05) is 4.72 Å². The molecule has 3 atom stereocenters. The van der Waals surface area contributed by atoms with Gasteiger partial charge in [-0.1, -0.05) is 50.3 Å². The minimum Gasteiger partial charge on any atom is -0.330 e. The summed E-state index contributed by atoms with van der Waals surface area (Å²) in [7, 11) is -4.21. The van der Waals surface area contributed by atoms with Crippen LogP contribution in [0, 0.1) is 29.5 Å². The second kappa shape index (κ2) is 14.4. The molecule has 3 aliphatic rings. The number of sulfonamides is 1. The van der Waals surface area contributed by atoms with E-state index in [1.165, 1.54) is 30.3 Å². The summed E-state index contributed by atoms with van der Waals surface area (Å²) in [6, 6.07) is 9.48. The maximum atomic E-state index is 15.1. The molecule has 1 aliphatic heterocycles. The highest BCUT2D eigenvalue weighted by atomic mass is 32.2. The summed E-state index contributed by atoms with van der Waals surface area (Å²) in [5, 5.41) is 2.77. The number of benzene rings is 2. The maximum absolute atomic E-state index is 15.1. The Labute approximate surface area is 263 Å². The standard InChI is InChI=1S/C33H42F2N4O5S/c34-20-29(36)22-11-13-23(14-12-22)33(42)39-18-17-26(21-7-3-1-4-8-21)30(39)32(41)37-24-15-16-27(28(35)19-24)31(40)38-45(43,44)25-9-5-2-6-10-25/h2,5-6,9-10,15-16,19,21-23,26,29-30H,1,3-4,7-8,11-14,17-18,20,36H2,(H,37,41)(H,38,40)/t22-,23-,26-,29+,30-/m0/s1. The molecule has 1 saturated heterocycles. The second-order valence-electron chi connectivity index (χ2n) is 12.7. The van der Waals surface area contributed by atoms with E-state index in [0.717, 1.165) is 44.2 Å². The summed E-state index contributed by atoms with van der Waals surface area (Å²) in [6.07, 6.45) is 8.55. The number of hydrogen-bond donors (Lipinski definition) is 3. The SMILES string of the molecule is N[C@H](CF)[C@H]1CC[C@H](C(=O)N2CC[C@@H](C3CCCCC3)[C@H]2C(=O)Nc2ccc(C(=O)NS(=O)(=O)c3ccccc3)c(F)c2)CC1. The highest BCUT2D eigenvalue weighted by Crippen LogP contribution is 2.41. The van der Waals surface area contributed by atoms with E-state index in [9.17, 15) is 27.2 Å². The molecule has 0 spiro atoms. The number of hydrogen-bond acceptors (Lipinski definition) is 6. The Morgan fingerprint density at radius 1 is 0.933 bits per heavy atom. The number of anilines is 1. The molecule has 9 nitrogen and oxygen atoms in total. The van der Waals surface area contributed by atoms with E-state index >= 15 is 4.39 Å². The molecule has 12 heteroatoms. The van der Waals surface area contributed by atoms with Crippen molar-refractivity contribution in [2.45, 2.75) is 81.2 Å². The van der Waals surface area contributed by atoms with Gasteiger partial charge in [0.2, 0.25) is 11.8 Å². The topological polar surface area (TPSA) is 139 Å². The van der Waals surface area contributed by atoms with Crippen LogP contribution in [-0.2, 0) is 19.6 Å². The van der Waals surface area contributed by atoms with Crippen LogP contribution in [0.1, 0.15) is 74.6 Å². The Bertz CT molecular complexity index is 1480. The van der Waals surface area contributed by atoms with Gasteiger partial charge in [0.25, 0.3) is 15.9 Å². The Balaban J connectivity index is 1.30. The molecule has 0 radical (unpaired) electrons. The van der Waals surface area contributed by atoms with Crippen molar-refractivity contribution in [3.8, 4) is 0 Å². The largest absolute Gasteiger partial charge is 0.330 e. The van der Waals surface area contributed by atoms with Crippen LogP contribution in [0.25, 0.3) is 0 Å². The summed E-state index contributed by atoms with van der Waals surface area (Å²) < 4.78 is 55.2. The second-order valence-corrected chi connectivity index (χ2v) is 14.4. The molecule has 244 valence electrons. The number of halogens is 2. The van der Waals surface area contributed by atoms with E-state index in [0.29, 0.717) is 44.6 Å². The molecular formula is C33H42F2N4O5S. The van der Waals surface area contributed by atoms with Crippen LogP contribution in [0.2, 0.25) is 0 Å². The zero-order valence-electron chi connectivity index (χ0n) is 25.3. The summed E-state index contributed by atoms with van der Waals surface area (Å²) in [6.45, 7) is -0.120. The molecule has 3 fully saturated rings. The first kappa shape index (κ1) is 33.0. The highest BCUT2D eigenvalue weighted by Gasteiger charge is 2.47. The van der Waals surface area contributed by atoms with Gasteiger partial charge in [0, 0.05) is 24.2 Å². The van der Waals surface area contributed by atoms with Crippen molar-refractivity contribution in [2.75, 3.05) is 18.5 Å². The number of nitrogens with two attached hydrogens (primary N) is 1. The van der Waals surface area contributed by atoms with Gasteiger partial charge < -0.3 is 16.0 Å². The number of rotatable bonds is 9. The number of alkyl halides is 1. The highest BCUT2D eigenvalue weighted by molar-refractivity contribution is 7.90. The number of nitrogens with zero attached hydrogens (tertiary/aromatic N) is 1. The van der Waals surface area contributed by atoms with Crippen molar-refractivity contribution in [1.82, 2.24) is 9.62 Å². The molecule has 5 rings (SSSR count).